The van der Waals surface area contributed by atoms with Crippen LogP contribution in [0.5, 0.6) is 11.5 Å². The minimum absolute atomic E-state index is 0.159. The van der Waals surface area contributed by atoms with Crippen LogP contribution < -0.4 is 20.2 Å². The summed E-state index contributed by atoms with van der Waals surface area (Å²) in [6, 6.07) is 11.2. The molecule has 0 fully saturated rings. The Morgan fingerprint density at radius 1 is 1.15 bits per heavy atom. The van der Waals surface area contributed by atoms with Gasteiger partial charge in [0.05, 0.1) is 24.4 Å². The van der Waals surface area contributed by atoms with Crippen LogP contribution in [0.1, 0.15) is 36.7 Å². The molecule has 0 bridgehead atoms. The van der Waals surface area contributed by atoms with E-state index < -0.39 is 17.9 Å². The normalized spacial score (nSPS) is 11.7. The van der Waals surface area contributed by atoms with Gasteiger partial charge in [0.25, 0.3) is 11.8 Å². The van der Waals surface area contributed by atoms with Gasteiger partial charge in [-0.05, 0) is 58.6 Å². The summed E-state index contributed by atoms with van der Waals surface area (Å²) in [5.41, 5.74) is 3.53. The number of hydrazone groups is 1. The molecule has 0 aliphatic carbocycles. The van der Waals surface area contributed by atoms with Crippen molar-refractivity contribution in [3.8, 4) is 11.5 Å². The maximum absolute atomic E-state index is 12.7. The van der Waals surface area contributed by atoms with Crippen LogP contribution in [0.4, 0.5) is 0 Å². The first-order valence-corrected chi connectivity index (χ1v) is 11.4. The van der Waals surface area contributed by atoms with Crippen molar-refractivity contribution in [3.63, 3.8) is 0 Å². The number of rotatable bonds is 11. The Morgan fingerprint density at radius 2 is 1.85 bits per heavy atom. The lowest BCUT2D eigenvalue weighted by atomic mass is 10.0. The third kappa shape index (κ3) is 7.87. The second-order valence-electron chi connectivity index (χ2n) is 7.42. The Kier molecular flexibility index (Phi) is 10.5. The molecule has 0 radical (unpaired) electrons. The molecule has 0 heterocycles. The van der Waals surface area contributed by atoms with E-state index in [1.807, 2.05) is 19.9 Å². The lowest BCUT2D eigenvalue weighted by Gasteiger charge is -2.20. The maximum atomic E-state index is 12.7. The molecule has 34 heavy (non-hydrogen) atoms. The van der Waals surface area contributed by atoms with Crippen molar-refractivity contribution in [2.45, 2.75) is 26.8 Å². The number of nitrogens with zero attached hydrogens (tertiary/aromatic N) is 1. The molecule has 0 saturated heterocycles. The van der Waals surface area contributed by atoms with E-state index in [1.54, 1.807) is 43.3 Å². The summed E-state index contributed by atoms with van der Waals surface area (Å²) in [5, 5.41) is 6.74. The van der Waals surface area contributed by atoms with E-state index in [1.165, 1.54) is 13.3 Å². The highest BCUT2D eigenvalue weighted by molar-refractivity contribution is 9.10. The second-order valence-corrected chi connectivity index (χ2v) is 8.28. The molecule has 2 aromatic rings. The monoisotopic (exact) mass is 533 g/mol. The third-order valence-corrected chi connectivity index (χ3v) is 5.14. The standard InChI is InChI=1S/C24H28BrN3O6/c1-5-33-20(29)14-34-22-18(25)11-16(12-19(22)32-4)13-26-28-24(31)21(15(2)3)27-23(30)17-9-7-6-8-10-17/h6-13,15,21H,5,14H2,1-4H3,(H,27,30)(H,28,31)/b26-13+. The third-order valence-electron chi connectivity index (χ3n) is 4.55. The van der Waals surface area contributed by atoms with Gasteiger partial charge in [0.2, 0.25) is 0 Å². The molecule has 10 heteroatoms. The number of benzene rings is 2. The summed E-state index contributed by atoms with van der Waals surface area (Å²) in [7, 11) is 1.46. The summed E-state index contributed by atoms with van der Waals surface area (Å²) >= 11 is 3.39. The summed E-state index contributed by atoms with van der Waals surface area (Å²) < 4.78 is 16.2. The molecule has 2 amide bonds. The summed E-state index contributed by atoms with van der Waals surface area (Å²) in [4.78, 5) is 36.7. The smallest absolute Gasteiger partial charge is 0.344 e. The van der Waals surface area contributed by atoms with E-state index in [0.29, 0.717) is 27.1 Å². The Labute approximate surface area is 207 Å². The number of hydrogen-bond acceptors (Lipinski definition) is 7. The average molecular weight is 534 g/mol. The van der Waals surface area contributed by atoms with Crippen LogP contribution in [-0.2, 0) is 14.3 Å². The average Bonchev–Trinajstić information content (AvgIpc) is 2.81. The molecule has 1 atom stereocenters. The fraction of sp³-hybridized carbons (Fsp3) is 0.333. The topological polar surface area (TPSA) is 115 Å². The molecule has 0 aliphatic heterocycles. The molecule has 0 aromatic heterocycles. The first-order chi connectivity index (χ1) is 16.3. The van der Waals surface area contributed by atoms with Crippen molar-refractivity contribution >= 4 is 39.9 Å². The Hall–Kier alpha value is -3.40. The number of carbonyl (C=O) groups excluding carboxylic acids is 3. The number of carbonyl (C=O) groups is 3. The van der Waals surface area contributed by atoms with Crippen LogP contribution >= 0.6 is 15.9 Å². The van der Waals surface area contributed by atoms with E-state index in [-0.39, 0.29) is 25.0 Å². The number of hydrogen-bond donors (Lipinski definition) is 2. The van der Waals surface area contributed by atoms with Gasteiger partial charge in [0.1, 0.15) is 6.04 Å². The lowest BCUT2D eigenvalue weighted by Crippen LogP contribution is -2.48. The minimum atomic E-state index is -0.773. The SMILES string of the molecule is CCOC(=O)COc1c(Br)cc(/C=N/NC(=O)C(NC(=O)c2ccccc2)C(C)C)cc1OC. The highest BCUT2D eigenvalue weighted by Gasteiger charge is 2.24. The maximum Gasteiger partial charge on any atom is 0.344 e. The molecule has 2 aromatic carbocycles. The van der Waals surface area contributed by atoms with E-state index in [4.69, 9.17) is 14.2 Å². The van der Waals surface area contributed by atoms with Gasteiger partial charge in [-0.2, -0.15) is 5.10 Å². The molecular weight excluding hydrogens is 506 g/mol. The van der Waals surface area contributed by atoms with Crippen molar-refractivity contribution in [2.24, 2.45) is 11.0 Å². The Morgan fingerprint density at radius 3 is 2.47 bits per heavy atom. The molecule has 2 rings (SSSR count). The van der Waals surface area contributed by atoms with Gasteiger partial charge in [-0.25, -0.2) is 10.2 Å². The summed E-state index contributed by atoms with van der Waals surface area (Å²) in [6.07, 6.45) is 1.43. The predicted octanol–water partition coefficient (Wildman–Crippen LogP) is 3.30. The lowest BCUT2D eigenvalue weighted by molar-refractivity contribution is -0.145. The number of amides is 2. The van der Waals surface area contributed by atoms with E-state index in [2.05, 4.69) is 31.8 Å². The van der Waals surface area contributed by atoms with Gasteiger partial charge in [0, 0.05) is 5.56 Å². The van der Waals surface area contributed by atoms with Crippen LogP contribution in [-0.4, -0.2) is 50.4 Å². The number of esters is 1. The quantitative estimate of drug-likeness (QED) is 0.260. The van der Waals surface area contributed by atoms with Gasteiger partial charge < -0.3 is 19.5 Å². The fourth-order valence-electron chi connectivity index (χ4n) is 2.88. The van der Waals surface area contributed by atoms with Crippen LogP contribution in [0.2, 0.25) is 0 Å². The largest absolute Gasteiger partial charge is 0.493 e. The van der Waals surface area contributed by atoms with Crippen LogP contribution in [0.3, 0.4) is 0 Å². The van der Waals surface area contributed by atoms with Crippen molar-refractivity contribution in [1.29, 1.82) is 0 Å². The zero-order chi connectivity index (χ0) is 25.1. The number of halogens is 1. The van der Waals surface area contributed by atoms with Gasteiger partial charge in [0.15, 0.2) is 18.1 Å². The molecule has 0 spiro atoms. The van der Waals surface area contributed by atoms with Crippen LogP contribution in [0, 0.1) is 5.92 Å². The second kappa shape index (κ2) is 13.3. The molecule has 2 N–H and O–H groups in total. The van der Waals surface area contributed by atoms with Crippen LogP contribution in [0.25, 0.3) is 0 Å². The van der Waals surface area contributed by atoms with Crippen molar-refractivity contribution in [1.82, 2.24) is 10.7 Å². The van der Waals surface area contributed by atoms with Crippen molar-refractivity contribution < 1.29 is 28.6 Å². The molecule has 1 unspecified atom stereocenters. The molecular formula is C24H28BrN3O6. The van der Waals surface area contributed by atoms with E-state index in [9.17, 15) is 14.4 Å². The van der Waals surface area contributed by atoms with Gasteiger partial charge in [-0.1, -0.05) is 32.0 Å². The Balaban J connectivity index is 2.05. The molecule has 0 saturated carbocycles. The highest BCUT2D eigenvalue weighted by Crippen LogP contribution is 2.36. The first kappa shape index (κ1) is 26.8. The van der Waals surface area contributed by atoms with E-state index in [0.717, 1.165) is 0 Å². The Bertz CT molecular complexity index is 1030. The highest BCUT2D eigenvalue weighted by atomic mass is 79.9. The molecule has 182 valence electrons. The fourth-order valence-corrected chi connectivity index (χ4v) is 3.45. The first-order valence-electron chi connectivity index (χ1n) is 10.6. The molecule has 9 nitrogen and oxygen atoms in total. The number of ether oxygens (including phenoxy) is 3. The zero-order valence-corrected chi connectivity index (χ0v) is 21.0. The summed E-state index contributed by atoms with van der Waals surface area (Å²) in [6.45, 7) is 5.36. The van der Waals surface area contributed by atoms with Gasteiger partial charge in [-0.15, -0.1) is 0 Å². The van der Waals surface area contributed by atoms with Crippen LogP contribution in [0.15, 0.2) is 52.0 Å². The van der Waals surface area contributed by atoms with E-state index >= 15 is 0 Å². The summed E-state index contributed by atoms with van der Waals surface area (Å²) in [5.74, 6) is -0.750. The minimum Gasteiger partial charge on any atom is -0.493 e. The van der Waals surface area contributed by atoms with Crippen molar-refractivity contribution in [2.75, 3.05) is 20.3 Å². The molecule has 0 aliphatic rings. The van der Waals surface area contributed by atoms with Crippen molar-refractivity contribution in [3.05, 3.63) is 58.1 Å². The number of nitrogens with one attached hydrogen (secondary N) is 2. The predicted molar refractivity (Wildman–Crippen MR) is 131 cm³/mol. The van der Waals surface area contributed by atoms with Gasteiger partial charge in [-0.3, -0.25) is 9.59 Å². The zero-order valence-electron chi connectivity index (χ0n) is 19.5. The number of methoxy groups -OCH3 is 1. The van der Waals surface area contributed by atoms with Gasteiger partial charge >= 0.3 is 5.97 Å².